The normalized spacial score (nSPS) is 29.7. The number of β-amino-alcohol motifs (C(OH)–C–C–N with tert-alkyl or cyclic N) is 1. The summed E-state index contributed by atoms with van der Waals surface area (Å²) in [4.78, 5) is 26.1. The summed E-state index contributed by atoms with van der Waals surface area (Å²) in [7, 11) is 0. The standard InChI is InChI=1S/C11H19N3O4/c12-7-1-3-13(4-2-7)11(18)14-6-8(15)5-9(14)10(16)17/h7-9,15H,1-6,12H2,(H,16,17)/t8?,9-/m0/s1. The monoisotopic (exact) mass is 257 g/mol. The van der Waals surface area contributed by atoms with Gasteiger partial charge in [-0.1, -0.05) is 0 Å². The number of aliphatic hydroxyl groups is 1. The molecule has 7 nitrogen and oxygen atoms in total. The summed E-state index contributed by atoms with van der Waals surface area (Å²) in [5.74, 6) is -1.06. The molecule has 0 spiro atoms. The van der Waals surface area contributed by atoms with Crippen molar-refractivity contribution in [2.24, 2.45) is 5.73 Å². The Bertz CT molecular complexity index is 341. The second-order valence-electron chi connectivity index (χ2n) is 5.00. The van der Waals surface area contributed by atoms with E-state index in [4.69, 9.17) is 10.8 Å². The van der Waals surface area contributed by atoms with Gasteiger partial charge in [0.1, 0.15) is 6.04 Å². The quantitative estimate of drug-likeness (QED) is 0.561. The van der Waals surface area contributed by atoms with Crippen LogP contribution in [0.2, 0.25) is 0 Å². The molecule has 0 saturated carbocycles. The summed E-state index contributed by atoms with van der Waals surface area (Å²) in [6.45, 7) is 1.20. The van der Waals surface area contributed by atoms with Crippen LogP contribution in [0.25, 0.3) is 0 Å². The number of hydrogen-bond donors (Lipinski definition) is 3. The predicted molar refractivity (Wildman–Crippen MR) is 62.9 cm³/mol. The average Bonchev–Trinajstić information content (AvgIpc) is 2.71. The highest BCUT2D eigenvalue weighted by atomic mass is 16.4. The first kappa shape index (κ1) is 13.1. The third-order valence-electron chi connectivity index (χ3n) is 3.62. The number of amides is 2. The number of aliphatic carboxylic acids is 1. The number of nitrogens with zero attached hydrogens (tertiary/aromatic N) is 2. The number of carbonyl (C=O) groups excluding carboxylic acids is 1. The van der Waals surface area contributed by atoms with Crippen LogP contribution in [0.1, 0.15) is 19.3 Å². The largest absolute Gasteiger partial charge is 0.480 e. The van der Waals surface area contributed by atoms with E-state index in [1.165, 1.54) is 4.90 Å². The zero-order valence-corrected chi connectivity index (χ0v) is 10.2. The molecule has 2 saturated heterocycles. The minimum atomic E-state index is -1.06. The summed E-state index contributed by atoms with van der Waals surface area (Å²) in [6.07, 6.45) is 0.829. The van der Waals surface area contributed by atoms with Crippen molar-refractivity contribution in [1.29, 1.82) is 0 Å². The highest BCUT2D eigenvalue weighted by molar-refractivity contribution is 5.83. The Morgan fingerprint density at radius 1 is 1.22 bits per heavy atom. The van der Waals surface area contributed by atoms with Gasteiger partial charge >= 0.3 is 12.0 Å². The Kier molecular flexibility index (Phi) is 3.72. The van der Waals surface area contributed by atoms with E-state index >= 15 is 0 Å². The van der Waals surface area contributed by atoms with Crippen molar-refractivity contribution in [3.8, 4) is 0 Å². The summed E-state index contributed by atoms with van der Waals surface area (Å²) in [5.41, 5.74) is 5.76. The highest BCUT2D eigenvalue weighted by Crippen LogP contribution is 2.21. The average molecular weight is 257 g/mol. The Balaban J connectivity index is 2.01. The van der Waals surface area contributed by atoms with E-state index in [2.05, 4.69) is 0 Å². The van der Waals surface area contributed by atoms with Crippen LogP contribution in [0, 0.1) is 0 Å². The fraction of sp³-hybridized carbons (Fsp3) is 0.818. The minimum Gasteiger partial charge on any atom is -0.480 e. The van der Waals surface area contributed by atoms with Gasteiger partial charge in [-0.3, -0.25) is 0 Å². The number of piperidine rings is 1. The fourth-order valence-electron chi connectivity index (χ4n) is 2.53. The molecule has 0 aromatic heterocycles. The molecule has 0 aromatic rings. The molecule has 1 unspecified atom stereocenters. The van der Waals surface area contributed by atoms with Gasteiger partial charge in [0.15, 0.2) is 0 Å². The number of rotatable bonds is 1. The number of urea groups is 1. The zero-order valence-electron chi connectivity index (χ0n) is 10.2. The molecule has 0 aliphatic carbocycles. The Morgan fingerprint density at radius 3 is 2.39 bits per heavy atom. The molecule has 2 atom stereocenters. The van der Waals surface area contributed by atoms with E-state index in [1.807, 2.05) is 0 Å². The smallest absolute Gasteiger partial charge is 0.326 e. The second-order valence-corrected chi connectivity index (χ2v) is 5.00. The minimum absolute atomic E-state index is 0.0956. The summed E-state index contributed by atoms with van der Waals surface area (Å²) in [6, 6.07) is -1.09. The third kappa shape index (κ3) is 2.56. The third-order valence-corrected chi connectivity index (χ3v) is 3.62. The van der Waals surface area contributed by atoms with E-state index in [-0.39, 0.29) is 25.0 Å². The Morgan fingerprint density at radius 2 is 1.83 bits per heavy atom. The molecule has 7 heteroatoms. The molecule has 102 valence electrons. The summed E-state index contributed by atoms with van der Waals surface area (Å²) >= 11 is 0. The van der Waals surface area contributed by atoms with Crippen molar-refractivity contribution in [3.05, 3.63) is 0 Å². The summed E-state index contributed by atoms with van der Waals surface area (Å²) < 4.78 is 0. The van der Waals surface area contributed by atoms with E-state index in [1.54, 1.807) is 4.90 Å². The van der Waals surface area contributed by atoms with E-state index in [0.29, 0.717) is 13.1 Å². The molecule has 0 aromatic carbocycles. The molecule has 2 aliphatic heterocycles. The summed E-state index contributed by atoms with van der Waals surface area (Å²) in [5, 5.41) is 18.6. The lowest BCUT2D eigenvalue weighted by Crippen LogP contribution is -2.51. The number of nitrogens with two attached hydrogens (primary N) is 1. The van der Waals surface area contributed by atoms with Crippen LogP contribution in [-0.4, -0.2) is 69.8 Å². The van der Waals surface area contributed by atoms with E-state index < -0.39 is 18.1 Å². The molecule has 0 bridgehead atoms. The number of aliphatic hydroxyl groups excluding tert-OH is 1. The highest BCUT2D eigenvalue weighted by Gasteiger charge is 2.40. The number of likely N-dealkylation sites (tertiary alicyclic amines) is 2. The first-order valence-corrected chi connectivity index (χ1v) is 6.21. The molecule has 2 heterocycles. The maximum atomic E-state index is 12.2. The molecule has 2 amide bonds. The lowest BCUT2D eigenvalue weighted by Gasteiger charge is -2.34. The fourth-order valence-corrected chi connectivity index (χ4v) is 2.53. The Hall–Kier alpha value is -1.34. The van der Waals surface area contributed by atoms with Crippen LogP contribution in [0.5, 0.6) is 0 Å². The van der Waals surface area contributed by atoms with Gasteiger partial charge in [-0.15, -0.1) is 0 Å². The molecule has 4 N–H and O–H groups in total. The van der Waals surface area contributed by atoms with Crippen LogP contribution in [0.3, 0.4) is 0 Å². The molecule has 2 rings (SSSR count). The second kappa shape index (κ2) is 5.11. The molecule has 2 fully saturated rings. The van der Waals surface area contributed by atoms with Crippen molar-refractivity contribution in [1.82, 2.24) is 9.80 Å². The van der Waals surface area contributed by atoms with Gasteiger partial charge in [-0.25, -0.2) is 9.59 Å². The lowest BCUT2D eigenvalue weighted by atomic mass is 10.1. The first-order chi connectivity index (χ1) is 8.49. The molecular weight excluding hydrogens is 238 g/mol. The van der Waals surface area contributed by atoms with E-state index in [9.17, 15) is 14.7 Å². The number of carboxylic acid groups (broad SMARTS) is 1. The van der Waals surface area contributed by atoms with Crippen LogP contribution in [0.15, 0.2) is 0 Å². The van der Waals surface area contributed by atoms with Crippen LogP contribution < -0.4 is 5.73 Å². The van der Waals surface area contributed by atoms with Gasteiger partial charge in [0.25, 0.3) is 0 Å². The molecule has 0 radical (unpaired) electrons. The van der Waals surface area contributed by atoms with Crippen molar-refractivity contribution in [2.45, 2.75) is 37.5 Å². The number of hydrogen-bond acceptors (Lipinski definition) is 4. The van der Waals surface area contributed by atoms with Crippen molar-refractivity contribution in [3.63, 3.8) is 0 Å². The van der Waals surface area contributed by atoms with Gasteiger partial charge in [0.05, 0.1) is 6.10 Å². The topological polar surface area (TPSA) is 107 Å². The molecule has 18 heavy (non-hydrogen) atoms. The predicted octanol–water partition coefficient (Wildman–Crippen LogP) is -0.951. The van der Waals surface area contributed by atoms with Crippen molar-refractivity contribution < 1.29 is 19.8 Å². The van der Waals surface area contributed by atoms with Crippen molar-refractivity contribution >= 4 is 12.0 Å². The van der Waals surface area contributed by atoms with Gasteiger partial charge in [-0.2, -0.15) is 0 Å². The molecule has 2 aliphatic rings. The van der Waals surface area contributed by atoms with Crippen LogP contribution in [0.4, 0.5) is 4.79 Å². The van der Waals surface area contributed by atoms with Crippen molar-refractivity contribution in [2.75, 3.05) is 19.6 Å². The number of carbonyl (C=O) groups is 2. The maximum absolute atomic E-state index is 12.2. The first-order valence-electron chi connectivity index (χ1n) is 6.21. The SMILES string of the molecule is NC1CCN(C(=O)N2CC(O)C[C@H]2C(=O)O)CC1. The number of carboxylic acids is 1. The van der Waals surface area contributed by atoms with Gasteiger partial charge < -0.3 is 25.7 Å². The van der Waals surface area contributed by atoms with Crippen LogP contribution in [-0.2, 0) is 4.79 Å². The Labute approximate surface area is 105 Å². The van der Waals surface area contributed by atoms with Gasteiger partial charge in [0, 0.05) is 32.1 Å². The van der Waals surface area contributed by atoms with Gasteiger partial charge in [-0.05, 0) is 12.8 Å². The van der Waals surface area contributed by atoms with Crippen LogP contribution >= 0.6 is 0 Å². The maximum Gasteiger partial charge on any atom is 0.326 e. The van der Waals surface area contributed by atoms with Gasteiger partial charge in [0.2, 0.25) is 0 Å². The lowest BCUT2D eigenvalue weighted by molar-refractivity contribution is -0.141. The van der Waals surface area contributed by atoms with E-state index in [0.717, 1.165) is 12.8 Å². The zero-order chi connectivity index (χ0) is 13.3. The molecular formula is C11H19N3O4.